The highest BCUT2D eigenvalue weighted by Crippen LogP contribution is 2.28. The van der Waals surface area contributed by atoms with Gasteiger partial charge in [-0.2, -0.15) is 0 Å². The molecule has 0 aliphatic carbocycles. The Morgan fingerprint density at radius 1 is 0.879 bits per heavy atom. The van der Waals surface area contributed by atoms with E-state index in [1.165, 1.54) is 10.1 Å². The number of rotatable bonds is 4. The molecule has 1 aliphatic heterocycles. The van der Waals surface area contributed by atoms with E-state index in [9.17, 15) is 14.4 Å². The number of para-hydroxylation sites is 1. The molecule has 3 aromatic carbocycles. The number of likely N-dealkylation sites (tertiary alicyclic amines) is 1. The number of nitrogens with one attached hydrogen (secondary N) is 1. The van der Waals surface area contributed by atoms with Gasteiger partial charge in [0.2, 0.25) is 0 Å². The van der Waals surface area contributed by atoms with E-state index in [2.05, 4.69) is 29.2 Å². The molecule has 6 nitrogen and oxygen atoms in total. The van der Waals surface area contributed by atoms with E-state index in [0.717, 1.165) is 31.5 Å². The topological polar surface area (TPSA) is 75.2 Å². The predicted octanol–water partition coefficient (Wildman–Crippen LogP) is 3.76. The van der Waals surface area contributed by atoms with Gasteiger partial charge in [-0.3, -0.25) is 19.1 Å². The van der Waals surface area contributed by atoms with Gasteiger partial charge < -0.3 is 4.90 Å². The fourth-order valence-electron chi connectivity index (χ4n) is 4.71. The number of amides is 1. The molecule has 2 heterocycles. The van der Waals surface area contributed by atoms with E-state index in [0.29, 0.717) is 22.4 Å². The van der Waals surface area contributed by atoms with Crippen LogP contribution in [0.25, 0.3) is 10.9 Å². The molecule has 166 valence electrons. The second-order valence-electron chi connectivity index (χ2n) is 8.54. The van der Waals surface area contributed by atoms with Crippen LogP contribution in [0.5, 0.6) is 0 Å². The van der Waals surface area contributed by atoms with Crippen molar-refractivity contribution >= 4 is 16.8 Å². The number of H-pyrrole nitrogens is 1. The Bertz CT molecular complexity index is 1410. The molecule has 0 atom stereocenters. The number of nitrogens with zero attached hydrogens (tertiary/aromatic N) is 2. The summed E-state index contributed by atoms with van der Waals surface area (Å²) in [7, 11) is 0. The molecule has 1 amide bonds. The lowest BCUT2D eigenvalue weighted by atomic mass is 9.89. The first-order valence-corrected chi connectivity index (χ1v) is 11.3. The minimum absolute atomic E-state index is 0.0158. The van der Waals surface area contributed by atoms with Crippen molar-refractivity contribution in [2.45, 2.75) is 25.3 Å². The quantitative estimate of drug-likeness (QED) is 0.526. The lowest BCUT2D eigenvalue weighted by Gasteiger charge is -2.32. The van der Waals surface area contributed by atoms with Crippen molar-refractivity contribution in [3.8, 4) is 0 Å². The van der Waals surface area contributed by atoms with Crippen molar-refractivity contribution in [2.75, 3.05) is 13.1 Å². The number of piperidine rings is 1. The van der Waals surface area contributed by atoms with E-state index in [1.807, 2.05) is 35.2 Å². The van der Waals surface area contributed by atoms with Crippen LogP contribution < -0.4 is 11.2 Å². The van der Waals surface area contributed by atoms with Crippen LogP contribution in [-0.4, -0.2) is 33.4 Å². The lowest BCUT2D eigenvalue weighted by Crippen LogP contribution is -2.38. The number of fused-ring (bicyclic) bond motifs is 1. The molecular weight excluding hydrogens is 414 g/mol. The number of benzene rings is 3. The van der Waals surface area contributed by atoms with Crippen molar-refractivity contribution in [1.29, 1.82) is 0 Å². The minimum Gasteiger partial charge on any atom is -0.339 e. The zero-order valence-electron chi connectivity index (χ0n) is 18.2. The standard InChI is InChI=1S/C27H25N3O3/c31-25-23-11-4-5-12-24(23)30(27(33)28-25)18-19-7-6-10-22(17-19)26(32)29-15-13-21(14-16-29)20-8-2-1-3-9-20/h1-12,17,21H,13-16,18H2,(H,28,31,33). The third-order valence-electron chi connectivity index (χ3n) is 6.47. The van der Waals surface area contributed by atoms with Gasteiger partial charge in [-0.25, -0.2) is 4.79 Å². The zero-order valence-corrected chi connectivity index (χ0v) is 18.2. The number of aromatic amines is 1. The van der Waals surface area contributed by atoms with Gasteiger partial charge in [0, 0.05) is 18.7 Å². The molecule has 1 N–H and O–H groups in total. The van der Waals surface area contributed by atoms with Gasteiger partial charge >= 0.3 is 5.69 Å². The smallest absolute Gasteiger partial charge is 0.329 e. The average Bonchev–Trinajstić information content (AvgIpc) is 2.87. The van der Waals surface area contributed by atoms with Gasteiger partial charge in [0.25, 0.3) is 11.5 Å². The van der Waals surface area contributed by atoms with Gasteiger partial charge in [0.1, 0.15) is 0 Å². The first kappa shape index (κ1) is 20.9. The van der Waals surface area contributed by atoms with Gasteiger partial charge in [0.05, 0.1) is 17.4 Å². The molecule has 6 heteroatoms. The van der Waals surface area contributed by atoms with Crippen LogP contribution in [-0.2, 0) is 6.54 Å². The zero-order chi connectivity index (χ0) is 22.8. The van der Waals surface area contributed by atoms with Crippen LogP contribution in [0, 0.1) is 0 Å². The van der Waals surface area contributed by atoms with Crippen molar-refractivity contribution in [3.05, 3.63) is 116 Å². The first-order valence-electron chi connectivity index (χ1n) is 11.3. The van der Waals surface area contributed by atoms with Crippen LogP contribution in [0.1, 0.15) is 40.2 Å². The van der Waals surface area contributed by atoms with E-state index >= 15 is 0 Å². The first-order chi connectivity index (χ1) is 16.1. The monoisotopic (exact) mass is 439 g/mol. The van der Waals surface area contributed by atoms with Crippen molar-refractivity contribution in [1.82, 2.24) is 14.5 Å². The summed E-state index contributed by atoms with van der Waals surface area (Å²) >= 11 is 0. The van der Waals surface area contributed by atoms with Gasteiger partial charge in [-0.15, -0.1) is 0 Å². The van der Waals surface area contributed by atoms with Gasteiger partial charge in [0.15, 0.2) is 0 Å². The van der Waals surface area contributed by atoms with E-state index < -0.39 is 11.2 Å². The highest BCUT2D eigenvalue weighted by Gasteiger charge is 2.24. The Labute approximate surface area is 191 Å². The molecule has 1 saturated heterocycles. The molecule has 1 aliphatic rings. The molecule has 0 unspecified atom stereocenters. The molecule has 33 heavy (non-hydrogen) atoms. The third kappa shape index (κ3) is 4.24. The summed E-state index contributed by atoms with van der Waals surface area (Å²) in [5.41, 5.74) is 2.51. The molecular formula is C27H25N3O3. The summed E-state index contributed by atoms with van der Waals surface area (Å²) in [6.45, 7) is 1.73. The lowest BCUT2D eigenvalue weighted by molar-refractivity contribution is 0.0713. The Balaban J connectivity index is 1.34. The molecule has 0 saturated carbocycles. The number of aromatic nitrogens is 2. The summed E-state index contributed by atoms with van der Waals surface area (Å²) in [5, 5.41) is 0.464. The average molecular weight is 440 g/mol. The highest BCUT2D eigenvalue weighted by molar-refractivity contribution is 5.94. The maximum atomic E-state index is 13.2. The molecule has 0 bridgehead atoms. The van der Waals surface area contributed by atoms with Gasteiger partial charge in [-0.1, -0.05) is 54.6 Å². The third-order valence-corrected chi connectivity index (χ3v) is 6.47. The Morgan fingerprint density at radius 3 is 2.39 bits per heavy atom. The molecule has 4 aromatic rings. The summed E-state index contributed by atoms with van der Waals surface area (Å²) < 4.78 is 1.53. The molecule has 1 aromatic heterocycles. The van der Waals surface area contributed by atoms with E-state index in [4.69, 9.17) is 0 Å². The number of hydrogen-bond acceptors (Lipinski definition) is 3. The summed E-state index contributed by atoms with van der Waals surface area (Å²) in [5.74, 6) is 0.504. The highest BCUT2D eigenvalue weighted by atomic mass is 16.2. The van der Waals surface area contributed by atoms with Gasteiger partial charge in [-0.05, 0) is 54.2 Å². The minimum atomic E-state index is -0.460. The Hall–Kier alpha value is -3.93. The number of carbonyl (C=O) groups excluding carboxylic acids is 1. The largest absolute Gasteiger partial charge is 0.339 e. The van der Waals surface area contributed by atoms with Crippen LogP contribution in [0.15, 0.2) is 88.5 Å². The Morgan fingerprint density at radius 2 is 1.61 bits per heavy atom. The van der Waals surface area contributed by atoms with E-state index in [1.54, 1.807) is 24.3 Å². The fourth-order valence-corrected chi connectivity index (χ4v) is 4.71. The van der Waals surface area contributed by atoms with Crippen molar-refractivity contribution in [2.24, 2.45) is 0 Å². The Kier molecular flexibility index (Phi) is 5.65. The fraction of sp³-hybridized carbons (Fsp3) is 0.222. The molecule has 1 fully saturated rings. The number of hydrogen-bond donors (Lipinski definition) is 1. The summed E-state index contributed by atoms with van der Waals surface area (Å²) in [4.78, 5) is 42.1. The summed E-state index contributed by atoms with van der Waals surface area (Å²) in [6.07, 6.45) is 1.91. The second-order valence-corrected chi connectivity index (χ2v) is 8.54. The summed E-state index contributed by atoms with van der Waals surface area (Å²) in [6, 6.07) is 24.9. The predicted molar refractivity (Wildman–Crippen MR) is 129 cm³/mol. The number of carbonyl (C=O) groups is 1. The van der Waals surface area contributed by atoms with Crippen LogP contribution in [0.2, 0.25) is 0 Å². The maximum absolute atomic E-state index is 13.2. The second kappa shape index (κ2) is 8.90. The normalized spacial score (nSPS) is 14.5. The van der Waals surface area contributed by atoms with Crippen LogP contribution >= 0.6 is 0 Å². The van der Waals surface area contributed by atoms with Crippen molar-refractivity contribution in [3.63, 3.8) is 0 Å². The molecule has 0 radical (unpaired) electrons. The maximum Gasteiger partial charge on any atom is 0.329 e. The molecule has 5 rings (SSSR count). The molecule has 0 spiro atoms. The van der Waals surface area contributed by atoms with Crippen molar-refractivity contribution < 1.29 is 4.79 Å². The van der Waals surface area contributed by atoms with Crippen LogP contribution in [0.3, 0.4) is 0 Å². The van der Waals surface area contributed by atoms with Crippen LogP contribution in [0.4, 0.5) is 0 Å². The SMILES string of the molecule is O=C(c1cccc(Cn2c(=O)[nH]c(=O)c3ccccc32)c1)N1CCC(c2ccccc2)CC1. The van der Waals surface area contributed by atoms with E-state index in [-0.39, 0.29) is 12.5 Å².